The Hall–Kier alpha value is -3.44. The average molecular weight is 489 g/mol. The largest absolute Gasteiger partial charge is 0.484 e. The molecular formula is C23H28N4O6S. The maximum atomic E-state index is 12.5. The van der Waals surface area contributed by atoms with Crippen molar-refractivity contribution in [2.45, 2.75) is 13.0 Å². The molecule has 2 aromatic rings. The summed E-state index contributed by atoms with van der Waals surface area (Å²) in [5, 5.41) is 3.93. The van der Waals surface area contributed by atoms with Gasteiger partial charge in [0.25, 0.3) is 11.8 Å². The van der Waals surface area contributed by atoms with Crippen molar-refractivity contribution in [3.8, 4) is 5.75 Å². The highest BCUT2D eigenvalue weighted by molar-refractivity contribution is 7.92. The minimum absolute atomic E-state index is 0.0559. The van der Waals surface area contributed by atoms with E-state index in [1.165, 1.54) is 13.1 Å². The summed E-state index contributed by atoms with van der Waals surface area (Å²) in [6.07, 6.45) is 2.48. The van der Waals surface area contributed by atoms with Gasteiger partial charge in [-0.2, -0.15) is 5.10 Å². The van der Waals surface area contributed by atoms with Crippen molar-refractivity contribution in [2.24, 2.45) is 5.10 Å². The lowest BCUT2D eigenvalue weighted by atomic mass is 10.2. The number of nitrogens with zero attached hydrogens (tertiary/aromatic N) is 3. The van der Waals surface area contributed by atoms with E-state index in [9.17, 15) is 18.0 Å². The molecule has 182 valence electrons. The SMILES string of the molecule is C[C@@H](C(=O)N/N=C\c1ccc(OCC(=O)N2CCOCC2)cc1)N(c1ccccc1)S(C)(=O)=O. The molecule has 0 saturated carbocycles. The van der Waals surface area contributed by atoms with Gasteiger partial charge >= 0.3 is 0 Å². The van der Waals surface area contributed by atoms with Gasteiger partial charge in [-0.25, -0.2) is 13.8 Å². The average Bonchev–Trinajstić information content (AvgIpc) is 2.83. The number of rotatable bonds is 9. The summed E-state index contributed by atoms with van der Waals surface area (Å²) in [6.45, 7) is 3.63. The molecule has 2 amide bonds. The van der Waals surface area contributed by atoms with Crippen LogP contribution >= 0.6 is 0 Å². The zero-order chi connectivity index (χ0) is 24.6. The summed E-state index contributed by atoms with van der Waals surface area (Å²) in [7, 11) is -3.69. The number of carbonyl (C=O) groups is 2. The van der Waals surface area contributed by atoms with E-state index in [1.54, 1.807) is 59.5 Å². The van der Waals surface area contributed by atoms with Gasteiger partial charge in [0.1, 0.15) is 11.8 Å². The number of anilines is 1. The molecule has 0 bridgehead atoms. The van der Waals surface area contributed by atoms with Crippen LogP contribution in [0.15, 0.2) is 59.7 Å². The minimum atomic E-state index is -3.69. The first-order chi connectivity index (χ1) is 16.3. The van der Waals surface area contributed by atoms with Gasteiger partial charge in [0, 0.05) is 13.1 Å². The Kier molecular flexibility index (Phi) is 8.61. The molecule has 0 unspecified atom stereocenters. The van der Waals surface area contributed by atoms with E-state index >= 15 is 0 Å². The first-order valence-electron chi connectivity index (χ1n) is 10.7. The van der Waals surface area contributed by atoms with Gasteiger partial charge in [-0.05, 0) is 48.9 Å². The van der Waals surface area contributed by atoms with Crippen LogP contribution in [-0.2, 0) is 24.3 Å². The van der Waals surface area contributed by atoms with Gasteiger partial charge in [-0.3, -0.25) is 13.9 Å². The Bertz CT molecular complexity index is 1100. The van der Waals surface area contributed by atoms with Gasteiger partial charge in [0.15, 0.2) is 6.61 Å². The molecule has 1 saturated heterocycles. The second kappa shape index (κ2) is 11.6. The lowest BCUT2D eigenvalue weighted by molar-refractivity contribution is -0.137. The zero-order valence-corrected chi connectivity index (χ0v) is 19.9. The third-order valence-electron chi connectivity index (χ3n) is 5.09. The Balaban J connectivity index is 1.53. The van der Waals surface area contributed by atoms with E-state index in [2.05, 4.69) is 10.5 Å². The van der Waals surface area contributed by atoms with E-state index < -0.39 is 22.0 Å². The van der Waals surface area contributed by atoms with Gasteiger partial charge in [-0.1, -0.05) is 18.2 Å². The van der Waals surface area contributed by atoms with Gasteiger partial charge in [-0.15, -0.1) is 0 Å². The number of nitrogens with one attached hydrogen (secondary N) is 1. The predicted molar refractivity (Wildman–Crippen MR) is 128 cm³/mol. The number of para-hydroxylation sites is 1. The van der Waals surface area contributed by atoms with Crippen LogP contribution in [0.1, 0.15) is 12.5 Å². The zero-order valence-electron chi connectivity index (χ0n) is 19.1. The van der Waals surface area contributed by atoms with E-state index in [4.69, 9.17) is 9.47 Å². The summed E-state index contributed by atoms with van der Waals surface area (Å²) >= 11 is 0. The highest BCUT2D eigenvalue weighted by Gasteiger charge is 2.28. The summed E-state index contributed by atoms with van der Waals surface area (Å²) in [6, 6.07) is 14.2. The van der Waals surface area contributed by atoms with Crippen molar-refractivity contribution in [2.75, 3.05) is 43.5 Å². The van der Waals surface area contributed by atoms with Gasteiger partial charge < -0.3 is 14.4 Å². The summed E-state index contributed by atoms with van der Waals surface area (Å²) in [5.74, 6) is -0.139. The highest BCUT2D eigenvalue weighted by atomic mass is 32.2. The third kappa shape index (κ3) is 7.03. The van der Waals surface area contributed by atoms with Crippen molar-refractivity contribution in [3.05, 3.63) is 60.2 Å². The van der Waals surface area contributed by atoms with Crippen molar-refractivity contribution in [1.29, 1.82) is 0 Å². The number of benzene rings is 2. The smallest absolute Gasteiger partial charge is 0.263 e. The van der Waals surface area contributed by atoms with Crippen molar-refractivity contribution >= 4 is 33.7 Å². The van der Waals surface area contributed by atoms with Crippen molar-refractivity contribution in [3.63, 3.8) is 0 Å². The van der Waals surface area contributed by atoms with Crippen LogP contribution < -0.4 is 14.5 Å². The van der Waals surface area contributed by atoms with Crippen LogP contribution in [0.5, 0.6) is 5.75 Å². The number of ether oxygens (including phenoxy) is 2. The second-order valence-electron chi connectivity index (χ2n) is 7.66. The highest BCUT2D eigenvalue weighted by Crippen LogP contribution is 2.20. The van der Waals surface area contributed by atoms with Crippen molar-refractivity contribution < 1.29 is 27.5 Å². The maximum absolute atomic E-state index is 12.5. The number of carbonyl (C=O) groups excluding carboxylic acids is 2. The van der Waals surface area contributed by atoms with E-state index in [1.807, 2.05) is 0 Å². The molecule has 0 aromatic heterocycles. The van der Waals surface area contributed by atoms with Crippen molar-refractivity contribution in [1.82, 2.24) is 10.3 Å². The second-order valence-corrected chi connectivity index (χ2v) is 9.51. The van der Waals surface area contributed by atoms with Gasteiger partial charge in [0.05, 0.1) is 31.4 Å². The maximum Gasteiger partial charge on any atom is 0.263 e. The Morgan fingerprint density at radius 3 is 2.41 bits per heavy atom. The number of hydrogen-bond donors (Lipinski definition) is 1. The summed E-state index contributed by atoms with van der Waals surface area (Å²) in [5.41, 5.74) is 3.45. The molecule has 11 heteroatoms. The molecule has 0 radical (unpaired) electrons. The topological polar surface area (TPSA) is 118 Å². The summed E-state index contributed by atoms with van der Waals surface area (Å²) < 4.78 is 36.3. The molecular weight excluding hydrogens is 460 g/mol. The van der Waals surface area contributed by atoms with Crippen LogP contribution in [0.4, 0.5) is 5.69 Å². The van der Waals surface area contributed by atoms with E-state index in [0.29, 0.717) is 43.3 Å². The number of sulfonamides is 1. The normalized spacial score (nSPS) is 15.1. The number of morpholine rings is 1. The Morgan fingerprint density at radius 2 is 1.79 bits per heavy atom. The fourth-order valence-corrected chi connectivity index (χ4v) is 4.52. The fraction of sp³-hybridized carbons (Fsp3) is 0.348. The molecule has 10 nitrogen and oxygen atoms in total. The van der Waals surface area contributed by atoms with E-state index in [-0.39, 0.29) is 12.5 Å². The van der Waals surface area contributed by atoms with Gasteiger partial charge in [0.2, 0.25) is 10.0 Å². The Labute approximate surface area is 199 Å². The molecule has 2 aromatic carbocycles. The van der Waals surface area contributed by atoms with Crippen LogP contribution in [0.2, 0.25) is 0 Å². The fourth-order valence-electron chi connectivity index (χ4n) is 3.35. The first-order valence-corrected chi connectivity index (χ1v) is 12.6. The molecule has 1 N–H and O–H groups in total. The quantitative estimate of drug-likeness (QED) is 0.419. The molecule has 0 aliphatic carbocycles. The minimum Gasteiger partial charge on any atom is -0.484 e. The third-order valence-corrected chi connectivity index (χ3v) is 6.34. The number of hydrazone groups is 1. The van der Waals surface area contributed by atoms with E-state index in [0.717, 1.165) is 10.6 Å². The summed E-state index contributed by atoms with van der Waals surface area (Å²) in [4.78, 5) is 26.4. The monoisotopic (exact) mass is 488 g/mol. The predicted octanol–water partition coefficient (Wildman–Crippen LogP) is 1.23. The first kappa shape index (κ1) is 25.2. The lowest BCUT2D eigenvalue weighted by Crippen LogP contribution is -2.46. The molecule has 1 atom stereocenters. The van der Waals surface area contributed by atoms with Crippen LogP contribution in [-0.4, -0.2) is 76.6 Å². The molecule has 1 fully saturated rings. The van der Waals surface area contributed by atoms with Crippen LogP contribution in [0.25, 0.3) is 0 Å². The van der Waals surface area contributed by atoms with Crippen LogP contribution in [0.3, 0.4) is 0 Å². The molecule has 3 rings (SSSR count). The molecule has 34 heavy (non-hydrogen) atoms. The molecule has 1 aliphatic heterocycles. The molecule has 1 aliphatic rings. The number of hydrogen-bond acceptors (Lipinski definition) is 7. The van der Waals surface area contributed by atoms with Crippen LogP contribution in [0, 0.1) is 0 Å². The Morgan fingerprint density at radius 1 is 1.15 bits per heavy atom. The number of amides is 2. The molecule has 1 heterocycles. The molecule has 0 spiro atoms. The standard InChI is InChI=1S/C23H28N4O6S/c1-18(27(34(2,30)31)20-6-4-3-5-7-20)23(29)25-24-16-19-8-10-21(11-9-19)33-17-22(28)26-12-14-32-15-13-26/h3-11,16,18H,12-15,17H2,1-2H3,(H,25,29)/b24-16-/t18-/m0/s1. The lowest BCUT2D eigenvalue weighted by Gasteiger charge is -2.27.